The molecular formula is C29H33ClN2O4S. The summed E-state index contributed by atoms with van der Waals surface area (Å²) in [6, 6.07) is 14.9. The third kappa shape index (κ3) is 6.72. The summed E-state index contributed by atoms with van der Waals surface area (Å²) in [5.41, 5.74) is 3.71. The van der Waals surface area contributed by atoms with Crippen molar-refractivity contribution in [3.8, 4) is 5.75 Å². The Hall–Kier alpha value is -2.87. The molecule has 4 rings (SSSR count). The summed E-state index contributed by atoms with van der Waals surface area (Å²) in [7, 11) is 1.64. The highest BCUT2D eigenvalue weighted by Gasteiger charge is 2.33. The number of ether oxygens (including phenoxy) is 2. The van der Waals surface area contributed by atoms with Gasteiger partial charge in [0.1, 0.15) is 18.9 Å². The number of amides is 2. The molecule has 1 aliphatic rings. The van der Waals surface area contributed by atoms with Crippen molar-refractivity contribution in [2.24, 2.45) is 0 Å². The van der Waals surface area contributed by atoms with Crippen LogP contribution in [-0.2, 0) is 16.0 Å². The van der Waals surface area contributed by atoms with Crippen LogP contribution in [0.25, 0.3) is 0 Å². The SMILES string of the molecule is COCCCN(CC(=O)N1CCc2sccc2[C@@H]1COc1ccc(Cl)c(C)c1)C(=O)c1ccc(C)cc1. The lowest BCUT2D eigenvalue weighted by molar-refractivity contribution is -0.135. The number of methoxy groups -OCH3 is 1. The van der Waals surface area contributed by atoms with Gasteiger partial charge < -0.3 is 19.3 Å². The number of hydrogen-bond acceptors (Lipinski definition) is 5. The quantitative estimate of drug-likeness (QED) is 0.309. The van der Waals surface area contributed by atoms with E-state index in [1.165, 1.54) is 4.88 Å². The normalized spacial score (nSPS) is 14.8. The number of carbonyl (C=O) groups is 2. The zero-order chi connectivity index (χ0) is 26.4. The van der Waals surface area contributed by atoms with Crippen LogP contribution in [0.1, 0.15) is 44.4 Å². The molecule has 0 fully saturated rings. The van der Waals surface area contributed by atoms with Gasteiger partial charge >= 0.3 is 0 Å². The predicted molar refractivity (Wildman–Crippen MR) is 148 cm³/mol. The third-order valence-corrected chi connectivity index (χ3v) is 8.06. The van der Waals surface area contributed by atoms with Crippen LogP contribution < -0.4 is 4.74 Å². The maximum absolute atomic E-state index is 13.7. The Morgan fingerprint density at radius 3 is 2.65 bits per heavy atom. The van der Waals surface area contributed by atoms with Crippen LogP contribution in [-0.4, -0.2) is 61.6 Å². The average molecular weight is 541 g/mol. The number of nitrogens with zero attached hydrogens (tertiary/aromatic N) is 2. The molecule has 0 unspecified atom stereocenters. The fourth-order valence-corrected chi connectivity index (χ4v) is 5.59. The van der Waals surface area contributed by atoms with Gasteiger partial charge in [0, 0.05) is 42.3 Å². The molecule has 2 amide bonds. The van der Waals surface area contributed by atoms with E-state index in [-0.39, 0.29) is 24.4 Å². The summed E-state index contributed by atoms with van der Waals surface area (Å²) in [5, 5.41) is 2.75. The second-order valence-corrected chi connectivity index (χ2v) is 10.7. The first-order chi connectivity index (χ1) is 17.9. The highest BCUT2D eigenvalue weighted by atomic mass is 35.5. The molecule has 1 aliphatic heterocycles. The minimum absolute atomic E-state index is 0.00640. The lowest BCUT2D eigenvalue weighted by atomic mass is 10.00. The minimum atomic E-state index is -0.228. The van der Waals surface area contributed by atoms with E-state index in [0.29, 0.717) is 49.1 Å². The number of carbonyl (C=O) groups excluding carboxylic acids is 2. The summed E-state index contributed by atoms with van der Waals surface area (Å²) < 4.78 is 11.4. The van der Waals surface area contributed by atoms with Gasteiger partial charge in [0.2, 0.25) is 5.91 Å². The first-order valence-corrected chi connectivity index (χ1v) is 13.7. The van der Waals surface area contributed by atoms with Crippen LogP contribution >= 0.6 is 22.9 Å². The topological polar surface area (TPSA) is 59.1 Å². The molecule has 0 saturated carbocycles. The van der Waals surface area contributed by atoms with Crippen molar-refractivity contribution in [1.29, 1.82) is 0 Å². The average Bonchev–Trinajstić information content (AvgIpc) is 3.38. The monoisotopic (exact) mass is 540 g/mol. The summed E-state index contributed by atoms with van der Waals surface area (Å²) >= 11 is 7.88. The van der Waals surface area contributed by atoms with Gasteiger partial charge in [-0.15, -0.1) is 11.3 Å². The van der Waals surface area contributed by atoms with Crippen LogP contribution in [0, 0.1) is 13.8 Å². The highest BCUT2D eigenvalue weighted by molar-refractivity contribution is 7.10. The molecule has 37 heavy (non-hydrogen) atoms. The lowest BCUT2D eigenvalue weighted by Crippen LogP contribution is -2.48. The van der Waals surface area contributed by atoms with Crippen LogP contribution in [0.3, 0.4) is 0 Å². The molecule has 3 aromatic rings. The first-order valence-electron chi connectivity index (χ1n) is 12.5. The molecule has 6 nitrogen and oxygen atoms in total. The summed E-state index contributed by atoms with van der Waals surface area (Å²) in [5.74, 6) is 0.477. The number of hydrogen-bond donors (Lipinski definition) is 0. The molecule has 2 heterocycles. The van der Waals surface area contributed by atoms with Gasteiger partial charge in [-0.25, -0.2) is 0 Å². The van der Waals surface area contributed by atoms with Gasteiger partial charge in [0.25, 0.3) is 5.91 Å². The Morgan fingerprint density at radius 2 is 1.92 bits per heavy atom. The van der Waals surface area contributed by atoms with Crippen LogP contribution in [0.5, 0.6) is 5.75 Å². The van der Waals surface area contributed by atoms with E-state index in [1.807, 2.05) is 61.2 Å². The maximum Gasteiger partial charge on any atom is 0.254 e. The van der Waals surface area contributed by atoms with Crippen LogP contribution in [0.4, 0.5) is 0 Å². The molecule has 1 aromatic heterocycles. The van der Waals surface area contributed by atoms with Gasteiger partial charge in [0.15, 0.2) is 0 Å². The van der Waals surface area contributed by atoms with Crippen molar-refractivity contribution in [2.75, 3.05) is 40.0 Å². The molecule has 2 aromatic carbocycles. The van der Waals surface area contributed by atoms with Gasteiger partial charge in [0.05, 0.1) is 6.04 Å². The molecule has 0 radical (unpaired) electrons. The maximum atomic E-state index is 13.7. The van der Waals surface area contributed by atoms with E-state index in [4.69, 9.17) is 21.1 Å². The number of halogens is 1. The van der Waals surface area contributed by atoms with Crippen molar-refractivity contribution < 1.29 is 19.1 Å². The van der Waals surface area contributed by atoms with Gasteiger partial charge in [-0.2, -0.15) is 0 Å². The number of benzene rings is 2. The van der Waals surface area contributed by atoms with Gasteiger partial charge in [-0.1, -0.05) is 29.3 Å². The zero-order valence-electron chi connectivity index (χ0n) is 21.5. The molecule has 0 bridgehead atoms. The molecule has 0 aliphatic carbocycles. The van der Waals surface area contributed by atoms with E-state index < -0.39 is 0 Å². The Labute approximate surface area is 227 Å². The molecule has 0 N–H and O–H groups in total. The zero-order valence-corrected chi connectivity index (χ0v) is 23.1. The minimum Gasteiger partial charge on any atom is -0.491 e. The second-order valence-electron chi connectivity index (χ2n) is 9.31. The molecule has 196 valence electrons. The highest BCUT2D eigenvalue weighted by Crippen LogP contribution is 2.34. The largest absolute Gasteiger partial charge is 0.491 e. The fraction of sp³-hybridized carbons (Fsp3) is 0.379. The van der Waals surface area contributed by atoms with Crippen molar-refractivity contribution >= 4 is 34.8 Å². The van der Waals surface area contributed by atoms with Crippen molar-refractivity contribution in [1.82, 2.24) is 9.80 Å². The third-order valence-electron chi connectivity index (χ3n) is 6.64. The van der Waals surface area contributed by atoms with Gasteiger partial charge in [-0.05, 0) is 79.6 Å². The van der Waals surface area contributed by atoms with Crippen molar-refractivity contribution in [3.05, 3.63) is 86.1 Å². The van der Waals surface area contributed by atoms with E-state index in [1.54, 1.807) is 23.3 Å². The Morgan fingerprint density at radius 1 is 1.14 bits per heavy atom. The van der Waals surface area contributed by atoms with Crippen LogP contribution in [0.15, 0.2) is 53.9 Å². The Balaban J connectivity index is 1.52. The summed E-state index contributed by atoms with van der Waals surface area (Å²) in [4.78, 5) is 31.8. The van der Waals surface area contributed by atoms with E-state index in [9.17, 15) is 9.59 Å². The molecular weight excluding hydrogens is 508 g/mol. The van der Waals surface area contributed by atoms with Crippen LogP contribution in [0.2, 0.25) is 5.02 Å². The molecule has 0 spiro atoms. The van der Waals surface area contributed by atoms with Crippen molar-refractivity contribution in [2.45, 2.75) is 32.7 Å². The van der Waals surface area contributed by atoms with Gasteiger partial charge in [-0.3, -0.25) is 9.59 Å². The summed E-state index contributed by atoms with van der Waals surface area (Å²) in [6.45, 7) is 5.80. The second kappa shape index (κ2) is 12.6. The fourth-order valence-electron chi connectivity index (χ4n) is 4.54. The number of rotatable bonds is 10. The number of fused-ring (bicyclic) bond motifs is 1. The predicted octanol–water partition coefficient (Wildman–Crippen LogP) is 5.70. The lowest BCUT2D eigenvalue weighted by Gasteiger charge is -2.37. The van der Waals surface area contributed by atoms with E-state index >= 15 is 0 Å². The standard InChI is InChI=1S/C29H33ClN2O4S/c1-20-5-7-22(8-6-20)29(34)31(13-4-15-35-3)18-28(33)32-14-11-27-24(12-16-37-27)26(32)19-36-23-9-10-25(30)21(2)17-23/h5-10,12,16-17,26H,4,11,13-15,18-19H2,1-3H3/t26-/m0/s1. The molecule has 1 atom stereocenters. The number of aryl methyl sites for hydroxylation is 2. The van der Waals surface area contributed by atoms with E-state index in [2.05, 4.69) is 11.4 Å². The first kappa shape index (κ1) is 27.2. The summed E-state index contributed by atoms with van der Waals surface area (Å²) in [6.07, 6.45) is 1.45. The number of thiophene rings is 1. The smallest absolute Gasteiger partial charge is 0.254 e. The Bertz CT molecular complexity index is 1230. The molecule has 0 saturated heterocycles. The van der Waals surface area contributed by atoms with E-state index in [0.717, 1.165) is 23.1 Å². The molecule has 8 heteroatoms. The Kier molecular flexibility index (Phi) is 9.24. The van der Waals surface area contributed by atoms with Crippen molar-refractivity contribution in [3.63, 3.8) is 0 Å².